The van der Waals surface area contributed by atoms with Crippen molar-refractivity contribution in [3.05, 3.63) is 0 Å². The number of alkyl halides is 8. The zero-order valence-corrected chi connectivity index (χ0v) is 9.32. The molecule has 0 radical (unpaired) electrons. The van der Waals surface area contributed by atoms with E-state index in [-0.39, 0.29) is 0 Å². The standard InChI is InChI=1S/C6H2F8O4.Cu.FH/c7-3(8,1(15)16)5(11,12)6(13,14)4(9,10)2(17)18;;/h(H,15,16)(H,17,18);;1H/q;+2;/p-2. The Labute approximate surface area is 111 Å². The van der Waals surface area contributed by atoms with Gasteiger partial charge in [-0.15, -0.1) is 0 Å². The van der Waals surface area contributed by atoms with Gasteiger partial charge in [0.1, 0.15) is 5.97 Å². The molecule has 20 heavy (non-hydrogen) atoms. The number of hydrogen-bond donors (Lipinski definition) is 1. The fraction of sp³-hybridized carbons (Fsp3) is 0.667. The second kappa shape index (κ2) is 6.08. The SMILES string of the molecule is O=C([O-])C(F)(F)C(F)(F)C(F)(F)C(F)(F)C(=O)O.[F][Cu+]. The van der Waals surface area contributed by atoms with Gasteiger partial charge in [0, 0.05) is 0 Å². The van der Waals surface area contributed by atoms with E-state index in [0.717, 1.165) is 0 Å². The molecule has 0 saturated heterocycles. The first-order valence-corrected chi connectivity index (χ1v) is 4.07. The summed E-state index contributed by atoms with van der Waals surface area (Å²) in [6.45, 7) is 0. The van der Waals surface area contributed by atoms with E-state index in [4.69, 9.17) is 8.66 Å². The first-order valence-electron chi connectivity index (χ1n) is 3.71. The van der Waals surface area contributed by atoms with E-state index in [0.29, 0.717) is 0 Å². The van der Waals surface area contributed by atoms with Crippen molar-refractivity contribution in [1.82, 2.24) is 0 Å². The predicted octanol–water partition coefficient (Wildman–Crippen LogP) is 0.780. The van der Waals surface area contributed by atoms with Crippen LogP contribution in [0.5, 0.6) is 0 Å². The van der Waals surface area contributed by atoms with Gasteiger partial charge in [-0.2, -0.15) is 35.1 Å². The predicted molar refractivity (Wildman–Crippen MR) is 33.5 cm³/mol. The molecule has 4 nitrogen and oxygen atoms in total. The molecular weight excluding hydrogens is 371 g/mol. The van der Waals surface area contributed by atoms with Crippen LogP contribution in [-0.2, 0) is 26.1 Å². The molecule has 14 heteroatoms. The maximum absolute atomic E-state index is 12.4. The molecule has 0 heterocycles. The van der Waals surface area contributed by atoms with E-state index in [9.17, 15) is 49.8 Å². The molecule has 0 fully saturated rings. The number of rotatable bonds is 5. The van der Waals surface area contributed by atoms with Gasteiger partial charge < -0.3 is 15.0 Å². The number of aliphatic carboxylic acids is 2. The quantitative estimate of drug-likeness (QED) is 0.572. The Morgan fingerprint density at radius 2 is 1.05 bits per heavy atom. The van der Waals surface area contributed by atoms with Crippen molar-refractivity contribution in [2.24, 2.45) is 0 Å². The second-order valence-electron chi connectivity index (χ2n) is 2.89. The van der Waals surface area contributed by atoms with Gasteiger partial charge in [-0.25, -0.2) is 4.79 Å². The summed E-state index contributed by atoms with van der Waals surface area (Å²) in [5.74, 6) is -35.5. The molecule has 123 valence electrons. The summed E-state index contributed by atoms with van der Waals surface area (Å²) in [5, 5.41) is 17.1. The van der Waals surface area contributed by atoms with Gasteiger partial charge in [0.15, 0.2) is 0 Å². The van der Waals surface area contributed by atoms with Crippen LogP contribution in [0.4, 0.5) is 38.7 Å². The molecule has 0 aliphatic rings. The van der Waals surface area contributed by atoms with Crippen molar-refractivity contribution in [3.63, 3.8) is 0 Å². The van der Waals surface area contributed by atoms with Crippen molar-refractivity contribution in [2.45, 2.75) is 23.7 Å². The molecule has 0 amide bonds. The van der Waals surface area contributed by atoms with E-state index in [2.05, 4.69) is 16.5 Å². The van der Waals surface area contributed by atoms with Crippen LogP contribution in [0.25, 0.3) is 0 Å². The molecule has 0 aromatic heterocycles. The summed E-state index contributed by atoms with van der Waals surface area (Å²) in [7, 11) is 0. The molecule has 0 atom stereocenters. The minimum absolute atomic E-state index is 2.69. The van der Waals surface area contributed by atoms with Crippen LogP contribution in [0.3, 0.4) is 0 Å². The van der Waals surface area contributed by atoms with E-state index < -0.39 is 35.6 Å². The second-order valence-corrected chi connectivity index (χ2v) is 2.89. The normalized spacial score (nSPS) is 13.3. The Morgan fingerprint density at radius 3 is 1.25 bits per heavy atom. The van der Waals surface area contributed by atoms with E-state index >= 15 is 0 Å². The topological polar surface area (TPSA) is 77.4 Å². The average Bonchev–Trinajstić information content (AvgIpc) is 2.30. The third-order valence-corrected chi connectivity index (χ3v) is 1.71. The summed E-state index contributed by atoms with van der Waals surface area (Å²) < 4.78 is 108. The van der Waals surface area contributed by atoms with E-state index in [1.807, 2.05) is 0 Å². The molecule has 0 aromatic carbocycles. The monoisotopic (exact) mass is 371 g/mol. The molecule has 0 saturated carbocycles. The van der Waals surface area contributed by atoms with Crippen LogP contribution in [-0.4, -0.2) is 40.7 Å². The number of halogens is 9. The van der Waals surface area contributed by atoms with Crippen LogP contribution in [0, 0.1) is 0 Å². The van der Waals surface area contributed by atoms with Crippen LogP contribution < -0.4 is 5.11 Å². The fourth-order valence-corrected chi connectivity index (χ4v) is 0.657. The molecule has 0 aliphatic carbocycles. The van der Waals surface area contributed by atoms with Gasteiger partial charge in [0.05, 0.1) is 0 Å². The third kappa shape index (κ3) is 2.95. The summed E-state index contributed by atoms with van der Waals surface area (Å²) in [4.78, 5) is 19.2. The summed E-state index contributed by atoms with van der Waals surface area (Å²) in [6, 6.07) is 0. The van der Waals surface area contributed by atoms with Gasteiger partial charge in [-0.05, 0) is 0 Å². The number of carboxylic acid groups (broad SMARTS) is 2. The van der Waals surface area contributed by atoms with E-state index in [1.54, 1.807) is 0 Å². The van der Waals surface area contributed by atoms with Gasteiger partial charge in [0.25, 0.3) is 0 Å². The molecule has 1 N–H and O–H groups in total. The number of carbonyl (C=O) groups is 2. The molecular formula is C6HCuF9O4. The molecule has 0 spiro atoms. The Balaban J connectivity index is 0. The van der Waals surface area contributed by atoms with Crippen molar-refractivity contribution in [3.8, 4) is 0 Å². The Morgan fingerprint density at radius 1 is 0.800 bits per heavy atom. The fourth-order valence-electron chi connectivity index (χ4n) is 0.657. The Kier molecular flexibility index (Phi) is 6.42. The van der Waals surface area contributed by atoms with Crippen molar-refractivity contribution < 1.29 is 74.9 Å². The minimum atomic E-state index is -7.18. The van der Waals surface area contributed by atoms with Gasteiger partial charge in [0.2, 0.25) is 0 Å². The molecule has 0 rings (SSSR count). The zero-order chi connectivity index (χ0) is 17.2. The summed E-state index contributed by atoms with van der Waals surface area (Å²) in [6.07, 6.45) is 0. The summed E-state index contributed by atoms with van der Waals surface area (Å²) >= 11 is 2.69. The molecule has 0 aromatic rings. The van der Waals surface area contributed by atoms with Crippen LogP contribution in [0.2, 0.25) is 0 Å². The van der Waals surface area contributed by atoms with Crippen LogP contribution >= 0.6 is 0 Å². The van der Waals surface area contributed by atoms with Gasteiger partial charge in [-0.3, -0.25) is 0 Å². The Bertz CT molecular complexity index is 347. The number of carboxylic acids is 2. The first kappa shape index (κ1) is 21.1. The average molecular weight is 372 g/mol. The van der Waals surface area contributed by atoms with Crippen LogP contribution in [0.1, 0.15) is 0 Å². The molecule has 0 unspecified atom stereocenters. The van der Waals surface area contributed by atoms with Crippen molar-refractivity contribution in [1.29, 1.82) is 0 Å². The third-order valence-electron chi connectivity index (χ3n) is 1.71. The van der Waals surface area contributed by atoms with Crippen LogP contribution in [0.15, 0.2) is 0 Å². The number of carbonyl (C=O) groups excluding carboxylic acids is 1. The summed E-state index contributed by atoms with van der Waals surface area (Å²) in [5.41, 5.74) is 0. The van der Waals surface area contributed by atoms with Crippen molar-refractivity contribution >= 4 is 11.9 Å². The van der Waals surface area contributed by atoms with E-state index in [1.165, 1.54) is 0 Å². The molecule has 0 aliphatic heterocycles. The number of hydrogen-bond acceptors (Lipinski definition) is 3. The van der Waals surface area contributed by atoms with Gasteiger partial charge >= 0.3 is 49.7 Å². The van der Waals surface area contributed by atoms with Crippen molar-refractivity contribution in [2.75, 3.05) is 0 Å². The van der Waals surface area contributed by atoms with Gasteiger partial charge in [-0.1, -0.05) is 0 Å². The Hall–Kier alpha value is -1.17. The first-order chi connectivity index (χ1) is 8.64. The molecule has 0 bridgehead atoms. The maximum atomic E-state index is 12.4. The zero-order valence-electron chi connectivity index (χ0n) is 8.38.